The molecule has 0 unspecified atom stereocenters. The lowest BCUT2D eigenvalue weighted by Crippen LogP contribution is -2.36. The number of nitrogens with one attached hydrogen (secondary N) is 3. The molecule has 0 bridgehead atoms. The van der Waals surface area contributed by atoms with Crippen molar-refractivity contribution in [3.63, 3.8) is 0 Å². The number of amidine groups is 1. The van der Waals surface area contributed by atoms with Gasteiger partial charge < -0.3 is 19.9 Å². The van der Waals surface area contributed by atoms with Crippen LogP contribution in [0, 0.1) is 23.2 Å². The van der Waals surface area contributed by atoms with Crippen molar-refractivity contribution in [2.24, 2.45) is 17.8 Å². The Morgan fingerprint density at radius 1 is 1.02 bits per heavy atom. The van der Waals surface area contributed by atoms with Crippen LogP contribution in [0.3, 0.4) is 0 Å². The second kappa shape index (κ2) is 12.3. The van der Waals surface area contributed by atoms with E-state index in [4.69, 9.17) is 20.4 Å². The van der Waals surface area contributed by atoms with Crippen molar-refractivity contribution in [1.29, 1.82) is 5.41 Å². The molecule has 2 atom stereocenters. The molecule has 3 aromatic rings. The molecule has 10 nitrogen and oxygen atoms in total. The SMILES string of the molecule is C[C@@H](Nc1nc(C(=N)NC(=O)O)nc2nc(N3CCCC[C@H]3c3ccccc3)n(C[C@H]3CC[C@H](C)CC3)c12)C1CCC1. The average molecular weight is 573 g/mol. The van der Waals surface area contributed by atoms with E-state index >= 15 is 0 Å². The topological polar surface area (TPSA) is 132 Å². The van der Waals surface area contributed by atoms with Crippen LogP contribution in [0.25, 0.3) is 11.2 Å². The molecule has 3 heterocycles. The van der Waals surface area contributed by atoms with Gasteiger partial charge in [0.25, 0.3) is 0 Å². The third-order valence-corrected chi connectivity index (χ3v) is 9.78. The molecule has 224 valence electrons. The third kappa shape index (κ3) is 5.94. The number of amides is 1. The van der Waals surface area contributed by atoms with Crippen molar-refractivity contribution in [3.05, 3.63) is 41.7 Å². The van der Waals surface area contributed by atoms with E-state index in [0.29, 0.717) is 23.3 Å². The van der Waals surface area contributed by atoms with Gasteiger partial charge in [0.15, 0.2) is 23.1 Å². The van der Waals surface area contributed by atoms with Crippen LogP contribution in [0.1, 0.15) is 95.5 Å². The predicted molar refractivity (Wildman–Crippen MR) is 165 cm³/mol. The van der Waals surface area contributed by atoms with Gasteiger partial charge in [-0.15, -0.1) is 0 Å². The third-order valence-electron chi connectivity index (χ3n) is 9.78. The maximum atomic E-state index is 11.4. The van der Waals surface area contributed by atoms with Gasteiger partial charge in [0.2, 0.25) is 5.95 Å². The number of hydrogen-bond donors (Lipinski definition) is 4. The molecule has 2 aromatic heterocycles. The molecule has 3 aliphatic rings. The Hall–Kier alpha value is -3.69. The zero-order valence-electron chi connectivity index (χ0n) is 24.9. The van der Waals surface area contributed by atoms with Crippen molar-refractivity contribution < 1.29 is 9.90 Å². The summed E-state index contributed by atoms with van der Waals surface area (Å²) in [4.78, 5) is 28.5. The molecule has 6 rings (SSSR count). The van der Waals surface area contributed by atoms with Crippen molar-refractivity contribution >= 4 is 34.9 Å². The zero-order chi connectivity index (χ0) is 29.2. The van der Waals surface area contributed by atoms with E-state index in [1.54, 1.807) is 0 Å². The van der Waals surface area contributed by atoms with E-state index in [0.717, 1.165) is 43.3 Å². The maximum absolute atomic E-state index is 11.4. The van der Waals surface area contributed by atoms with E-state index in [1.807, 2.05) is 0 Å². The molecule has 3 fully saturated rings. The molecule has 1 saturated heterocycles. The van der Waals surface area contributed by atoms with Crippen molar-refractivity contribution in [1.82, 2.24) is 24.8 Å². The molecular formula is C32H44N8O2. The molecule has 42 heavy (non-hydrogen) atoms. The van der Waals surface area contributed by atoms with Gasteiger partial charge in [0.05, 0.1) is 6.04 Å². The van der Waals surface area contributed by atoms with Crippen LogP contribution in [0.2, 0.25) is 0 Å². The first-order valence-electron chi connectivity index (χ1n) is 15.8. The van der Waals surface area contributed by atoms with Crippen LogP contribution in [0.5, 0.6) is 0 Å². The number of benzene rings is 1. The number of nitrogens with zero attached hydrogens (tertiary/aromatic N) is 5. The normalized spacial score (nSPS) is 23.8. The highest BCUT2D eigenvalue weighted by molar-refractivity contribution is 6.03. The first kappa shape index (κ1) is 28.4. The average Bonchev–Trinajstić information content (AvgIpc) is 3.31. The summed E-state index contributed by atoms with van der Waals surface area (Å²) in [6.45, 7) is 6.29. The van der Waals surface area contributed by atoms with E-state index < -0.39 is 6.09 Å². The lowest BCUT2D eigenvalue weighted by atomic mass is 9.80. The molecule has 2 aliphatic carbocycles. The second-order valence-corrected chi connectivity index (χ2v) is 12.8. The molecule has 1 aromatic carbocycles. The molecule has 4 N–H and O–H groups in total. The number of carboxylic acid groups (broad SMARTS) is 1. The number of rotatable bonds is 8. The van der Waals surface area contributed by atoms with E-state index in [9.17, 15) is 9.90 Å². The van der Waals surface area contributed by atoms with Crippen LogP contribution in [-0.4, -0.2) is 49.1 Å². The van der Waals surface area contributed by atoms with Gasteiger partial charge in [-0.25, -0.2) is 14.8 Å². The molecular weight excluding hydrogens is 528 g/mol. The van der Waals surface area contributed by atoms with E-state index in [1.165, 1.54) is 56.9 Å². The van der Waals surface area contributed by atoms with Gasteiger partial charge in [-0.2, -0.15) is 4.98 Å². The minimum Gasteiger partial charge on any atom is -0.465 e. The van der Waals surface area contributed by atoms with Crippen molar-refractivity contribution in [2.45, 2.75) is 96.7 Å². The number of anilines is 2. The van der Waals surface area contributed by atoms with Gasteiger partial charge in [-0.3, -0.25) is 10.7 Å². The Labute approximate surface area is 247 Å². The maximum Gasteiger partial charge on any atom is 0.410 e. The quantitative estimate of drug-likeness (QED) is 0.177. The number of piperidine rings is 1. The van der Waals surface area contributed by atoms with E-state index in [2.05, 4.69) is 64.3 Å². The highest BCUT2D eigenvalue weighted by Crippen LogP contribution is 2.40. The molecule has 1 aliphatic heterocycles. The molecule has 2 saturated carbocycles. The summed E-state index contributed by atoms with van der Waals surface area (Å²) in [5.74, 6) is 3.11. The Balaban J connectivity index is 1.48. The smallest absolute Gasteiger partial charge is 0.410 e. The van der Waals surface area contributed by atoms with Crippen LogP contribution in [0.15, 0.2) is 30.3 Å². The zero-order valence-corrected chi connectivity index (χ0v) is 24.9. The Kier molecular flexibility index (Phi) is 8.31. The predicted octanol–water partition coefficient (Wildman–Crippen LogP) is 6.58. The monoisotopic (exact) mass is 572 g/mol. The van der Waals surface area contributed by atoms with E-state index in [-0.39, 0.29) is 23.7 Å². The summed E-state index contributed by atoms with van der Waals surface area (Å²) in [7, 11) is 0. The summed E-state index contributed by atoms with van der Waals surface area (Å²) in [6.07, 6.45) is 10.5. The standard InChI is InChI=1S/C32H44N8O2/c1-20-14-16-22(17-15-20)19-40-26-28(34-21(2)23-11-8-12-23)36-30(27(33)35-32(41)42)37-29(26)38-31(40)39-18-7-6-13-25(39)24-9-4-3-5-10-24/h3-5,9-10,20-23,25H,6-8,11-19H2,1-2H3,(H2,33,35)(H,41,42)(H,34,36,37)/t20-,21-,22-,25+/m1/s1. The molecule has 10 heteroatoms. The van der Waals surface area contributed by atoms with Gasteiger partial charge >= 0.3 is 6.09 Å². The van der Waals surface area contributed by atoms with Crippen molar-refractivity contribution in [2.75, 3.05) is 16.8 Å². The lowest BCUT2D eigenvalue weighted by molar-refractivity contribution is 0.200. The summed E-state index contributed by atoms with van der Waals surface area (Å²) in [5.41, 5.74) is 2.66. The Morgan fingerprint density at radius 2 is 1.79 bits per heavy atom. The minimum absolute atomic E-state index is 0.0363. The number of carbonyl (C=O) groups is 1. The number of hydrogen-bond acceptors (Lipinski definition) is 7. The summed E-state index contributed by atoms with van der Waals surface area (Å²) in [6, 6.07) is 11.1. The highest BCUT2D eigenvalue weighted by Gasteiger charge is 2.33. The number of fused-ring (bicyclic) bond motifs is 1. The number of imidazole rings is 1. The number of aromatic nitrogens is 4. The fourth-order valence-electron chi connectivity index (χ4n) is 7.03. The first-order chi connectivity index (χ1) is 20.4. The molecule has 1 amide bonds. The van der Waals surface area contributed by atoms with Crippen LogP contribution < -0.4 is 15.5 Å². The van der Waals surface area contributed by atoms with Gasteiger partial charge in [0, 0.05) is 19.1 Å². The lowest BCUT2D eigenvalue weighted by Gasteiger charge is -2.38. The Bertz CT molecular complexity index is 1410. The van der Waals surface area contributed by atoms with Crippen molar-refractivity contribution in [3.8, 4) is 0 Å². The van der Waals surface area contributed by atoms with Gasteiger partial charge in [-0.05, 0) is 75.2 Å². The molecule has 0 radical (unpaired) electrons. The second-order valence-electron chi connectivity index (χ2n) is 12.8. The summed E-state index contributed by atoms with van der Waals surface area (Å²) >= 11 is 0. The Morgan fingerprint density at radius 3 is 2.48 bits per heavy atom. The summed E-state index contributed by atoms with van der Waals surface area (Å²) in [5, 5.41) is 23.5. The van der Waals surface area contributed by atoms with Gasteiger partial charge in [-0.1, -0.05) is 56.5 Å². The highest BCUT2D eigenvalue weighted by atomic mass is 16.4. The fourth-order valence-corrected chi connectivity index (χ4v) is 7.03. The fraction of sp³-hybridized carbons (Fsp3) is 0.594. The van der Waals surface area contributed by atoms with Crippen LogP contribution >= 0.6 is 0 Å². The molecule has 0 spiro atoms. The van der Waals surface area contributed by atoms with Crippen LogP contribution in [0.4, 0.5) is 16.6 Å². The minimum atomic E-state index is -1.31. The first-order valence-corrected chi connectivity index (χ1v) is 15.8. The largest absolute Gasteiger partial charge is 0.465 e. The van der Waals surface area contributed by atoms with Gasteiger partial charge in [0.1, 0.15) is 5.52 Å². The van der Waals surface area contributed by atoms with Crippen LogP contribution in [-0.2, 0) is 6.54 Å². The summed E-state index contributed by atoms with van der Waals surface area (Å²) < 4.78 is 2.35.